The number of allylic oxidation sites excluding steroid dienone is 1. The minimum Gasteiger partial charge on any atom is -0.393 e. The van der Waals surface area contributed by atoms with E-state index in [1.165, 1.54) is 25.7 Å². The molecule has 2 unspecified atom stereocenters. The monoisotopic (exact) mass is 304 g/mol. The molecular formula is C20H32O2. The van der Waals surface area contributed by atoms with Crippen molar-refractivity contribution in [1.29, 1.82) is 0 Å². The van der Waals surface area contributed by atoms with E-state index >= 15 is 0 Å². The fourth-order valence-electron chi connectivity index (χ4n) is 6.89. The van der Waals surface area contributed by atoms with Gasteiger partial charge in [-0.05, 0) is 86.9 Å². The summed E-state index contributed by atoms with van der Waals surface area (Å²) in [6.45, 7) is 6.90. The van der Waals surface area contributed by atoms with Gasteiger partial charge in [-0.2, -0.15) is 0 Å². The largest absolute Gasteiger partial charge is 0.393 e. The summed E-state index contributed by atoms with van der Waals surface area (Å²) < 4.78 is 0. The van der Waals surface area contributed by atoms with Gasteiger partial charge in [-0.1, -0.05) is 25.5 Å². The maximum absolute atomic E-state index is 10.9. The fourth-order valence-corrected chi connectivity index (χ4v) is 6.89. The smallest absolute Gasteiger partial charge is 0.0675 e. The third kappa shape index (κ3) is 1.80. The lowest BCUT2D eigenvalue weighted by Crippen LogP contribution is -2.53. The van der Waals surface area contributed by atoms with Gasteiger partial charge in [0.2, 0.25) is 0 Å². The van der Waals surface area contributed by atoms with Gasteiger partial charge < -0.3 is 10.2 Å². The standard InChI is InChI=1S/C20H32O2/c1-18-9-6-14(21)12-13(18)4-5-15-16(18)7-10-19(2)17(15)8-11-20(19,3)22/h4,14-17,21-22H,5-12H2,1-3H3/t14?,15-,16-,17+,18+,19+,20?/m1/s1. The molecule has 0 aromatic carbocycles. The molecular weight excluding hydrogens is 272 g/mol. The molecule has 4 aliphatic carbocycles. The van der Waals surface area contributed by atoms with Crippen LogP contribution in [0.25, 0.3) is 0 Å². The Morgan fingerprint density at radius 3 is 2.50 bits per heavy atom. The first-order valence-corrected chi connectivity index (χ1v) is 9.38. The molecule has 0 heterocycles. The SMILES string of the molecule is CC1(O)CC[C@H]2[C@@H]3CC=C4CC(O)CC[C@]4(C)[C@@H]3CC[C@@]21C. The van der Waals surface area contributed by atoms with Crippen LogP contribution in [0.15, 0.2) is 11.6 Å². The van der Waals surface area contributed by atoms with Gasteiger partial charge in [0.05, 0.1) is 11.7 Å². The Morgan fingerprint density at radius 1 is 1.00 bits per heavy atom. The number of hydrogen-bond donors (Lipinski definition) is 2. The number of aliphatic hydroxyl groups excluding tert-OH is 1. The molecule has 0 bridgehead atoms. The lowest BCUT2D eigenvalue weighted by atomic mass is 9.47. The van der Waals surface area contributed by atoms with Crippen molar-refractivity contribution in [3.63, 3.8) is 0 Å². The van der Waals surface area contributed by atoms with Gasteiger partial charge in [-0.15, -0.1) is 0 Å². The van der Waals surface area contributed by atoms with E-state index < -0.39 is 5.60 Å². The van der Waals surface area contributed by atoms with E-state index in [-0.39, 0.29) is 11.5 Å². The summed E-state index contributed by atoms with van der Waals surface area (Å²) in [5.41, 5.74) is 1.50. The molecule has 2 heteroatoms. The average molecular weight is 304 g/mol. The van der Waals surface area contributed by atoms with Crippen molar-refractivity contribution in [3.05, 3.63) is 11.6 Å². The molecule has 3 fully saturated rings. The lowest BCUT2D eigenvalue weighted by molar-refractivity contribution is -0.115. The maximum atomic E-state index is 10.9. The van der Waals surface area contributed by atoms with E-state index in [0.29, 0.717) is 11.3 Å². The molecule has 0 aliphatic heterocycles. The van der Waals surface area contributed by atoms with Crippen molar-refractivity contribution < 1.29 is 10.2 Å². The first-order chi connectivity index (χ1) is 10.3. The molecule has 0 radical (unpaired) electrons. The highest BCUT2D eigenvalue weighted by Gasteiger charge is 2.61. The van der Waals surface area contributed by atoms with Crippen LogP contribution in [0.3, 0.4) is 0 Å². The molecule has 0 aromatic heterocycles. The Morgan fingerprint density at radius 2 is 1.73 bits per heavy atom. The maximum Gasteiger partial charge on any atom is 0.0675 e. The Hall–Kier alpha value is -0.340. The van der Waals surface area contributed by atoms with Crippen LogP contribution in [0.2, 0.25) is 0 Å². The Kier molecular flexibility index (Phi) is 3.18. The van der Waals surface area contributed by atoms with Crippen LogP contribution in [0.4, 0.5) is 0 Å². The van der Waals surface area contributed by atoms with E-state index in [2.05, 4.69) is 26.8 Å². The van der Waals surface area contributed by atoms with Gasteiger partial charge in [-0.25, -0.2) is 0 Å². The van der Waals surface area contributed by atoms with E-state index in [9.17, 15) is 10.2 Å². The molecule has 124 valence electrons. The summed E-state index contributed by atoms with van der Waals surface area (Å²) in [7, 11) is 0. The number of rotatable bonds is 0. The minimum absolute atomic E-state index is 0.114. The molecule has 0 saturated heterocycles. The van der Waals surface area contributed by atoms with Crippen molar-refractivity contribution >= 4 is 0 Å². The molecule has 2 nitrogen and oxygen atoms in total. The Labute approximate surface area is 135 Å². The summed E-state index contributed by atoms with van der Waals surface area (Å²) >= 11 is 0. The molecule has 22 heavy (non-hydrogen) atoms. The molecule has 4 aliphatic rings. The highest BCUT2D eigenvalue weighted by molar-refractivity contribution is 5.26. The molecule has 7 atom stereocenters. The van der Waals surface area contributed by atoms with Crippen LogP contribution in [0.5, 0.6) is 0 Å². The average Bonchev–Trinajstić information content (AvgIpc) is 2.70. The van der Waals surface area contributed by atoms with E-state index in [1.54, 1.807) is 5.57 Å². The minimum atomic E-state index is -0.476. The predicted octanol–water partition coefficient (Wildman–Crippen LogP) is 4.06. The molecule has 0 amide bonds. The highest BCUT2D eigenvalue weighted by atomic mass is 16.3. The summed E-state index contributed by atoms with van der Waals surface area (Å²) in [6.07, 6.45) is 11.2. The van der Waals surface area contributed by atoms with Crippen LogP contribution >= 0.6 is 0 Å². The summed E-state index contributed by atoms with van der Waals surface area (Å²) in [5.74, 6) is 2.20. The third-order valence-corrected chi connectivity index (χ3v) is 8.64. The second-order valence-electron chi connectivity index (χ2n) is 9.42. The second kappa shape index (κ2) is 4.60. The zero-order valence-electron chi connectivity index (χ0n) is 14.4. The summed E-state index contributed by atoms with van der Waals surface area (Å²) in [6, 6.07) is 0. The highest BCUT2D eigenvalue weighted by Crippen LogP contribution is 2.66. The van der Waals surface area contributed by atoms with Gasteiger partial charge >= 0.3 is 0 Å². The molecule has 0 aromatic rings. The van der Waals surface area contributed by atoms with Crippen LogP contribution in [-0.4, -0.2) is 21.9 Å². The molecule has 4 rings (SSSR count). The van der Waals surface area contributed by atoms with Gasteiger partial charge in [0.25, 0.3) is 0 Å². The zero-order chi connectivity index (χ0) is 15.8. The first kappa shape index (κ1) is 15.2. The summed E-state index contributed by atoms with van der Waals surface area (Å²) in [4.78, 5) is 0. The van der Waals surface area contributed by atoms with Crippen molar-refractivity contribution in [3.8, 4) is 0 Å². The van der Waals surface area contributed by atoms with Crippen LogP contribution in [0.1, 0.15) is 72.1 Å². The fraction of sp³-hybridized carbons (Fsp3) is 0.900. The van der Waals surface area contributed by atoms with Crippen LogP contribution in [-0.2, 0) is 0 Å². The molecule has 2 N–H and O–H groups in total. The number of hydrogen-bond acceptors (Lipinski definition) is 2. The third-order valence-electron chi connectivity index (χ3n) is 8.64. The van der Waals surface area contributed by atoms with Crippen molar-refractivity contribution in [2.24, 2.45) is 28.6 Å². The van der Waals surface area contributed by atoms with Gasteiger partial charge in [0.1, 0.15) is 0 Å². The van der Waals surface area contributed by atoms with Gasteiger partial charge in [-0.3, -0.25) is 0 Å². The molecule has 3 saturated carbocycles. The Balaban J connectivity index is 1.69. The van der Waals surface area contributed by atoms with E-state index in [1.807, 2.05) is 0 Å². The first-order valence-electron chi connectivity index (χ1n) is 9.38. The Bertz CT molecular complexity index is 508. The zero-order valence-corrected chi connectivity index (χ0v) is 14.4. The lowest BCUT2D eigenvalue weighted by Gasteiger charge is -2.58. The van der Waals surface area contributed by atoms with Crippen molar-refractivity contribution in [2.75, 3.05) is 0 Å². The molecule has 0 spiro atoms. The van der Waals surface area contributed by atoms with Crippen molar-refractivity contribution in [2.45, 2.75) is 83.8 Å². The van der Waals surface area contributed by atoms with Crippen LogP contribution in [0, 0.1) is 28.6 Å². The number of fused-ring (bicyclic) bond motifs is 5. The van der Waals surface area contributed by atoms with Crippen molar-refractivity contribution in [1.82, 2.24) is 0 Å². The quantitative estimate of drug-likeness (QED) is 0.663. The van der Waals surface area contributed by atoms with Gasteiger partial charge in [0, 0.05) is 0 Å². The van der Waals surface area contributed by atoms with E-state index in [4.69, 9.17) is 0 Å². The normalized spacial score (nSPS) is 57.6. The topological polar surface area (TPSA) is 40.5 Å². The number of aliphatic hydroxyl groups is 2. The van der Waals surface area contributed by atoms with Gasteiger partial charge in [0.15, 0.2) is 0 Å². The summed E-state index contributed by atoms with van der Waals surface area (Å²) in [5, 5.41) is 21.0. The predicted molar refractivity (Wildman–Crippen MR) is 88.3 cm³/mol. The second-order valence-corrected chi connectivity index (χ2v) is 9.42. The van der Waals surface area contributed by atoms with Crippen LogP contribution < -0.4 is 0 Å². The van der Waals surface area contributed by atoms with E-state index in [0.717, 1.165) is 37.5 Å².